The van der Waals surface area contributed by atoms with Crippen LogP contribution in [-0.2, 0) is 9.57 Å². The summed E-state index contributed by atoms with van der Waals surface area (Å²) in [4.78, 5) is 35.3. The molecule has 1 fully saturated rings. The van der Waals surface area contributed by atoms with Gasteiger partial charge < -0.3 is 39.5 Å². The van der Waals surface area contributed by atoms with Crippen molar-refractivity contribution in [2.45, 2.75) is 134 Å². The first kappa shape index (κ1) is 48.7. The summed E-state index contributed by atoms with van der Waals surface area (Å²) in [5.74, 6) is -1.15. The van der Waals surface area contributed by atoms with Gasteiger partial charge in [0.05, 0.1) is 18.2 Å². The Kier molecular flexibility index (Phi) is 18.7. The van der Waals surface area contributed by atoms with Gasteiger partial charge in [-0.25, -0.2) is 4.79 Å². The highest BCUT2D eigenvalue weighted by Gasteiger charge is 2.65. The second-order valence-electron chi connectivity index (χ2n) is 17.9. The summed E-state index contributed by atoms with van der Waals surface area (Å²) in [7, 11) is 3.34. The summed E-state index contributed by atoms with van der Waals surface area (Å²) in [6, 6.07) is 18.6. The minimum absolute atomic E-state index is 0.0396. The van der Waals surface area contributed by atoms with Gasteiger partial charge in [-0.2, -0.15) is 0 Å². The quantitative estimate of drug-likeness (QED) is 0.0411. The highest BCUT2D eigenvalue weighted by molar-refractivity contribution is 6.04. The zero-order chi connectivity index (χ0) is 45.3. The maximum atomic E-state index is 14.7. The number of hydrogen-bond acceptors (Lipinski definition) is 9. The van der Waals surface area contributed by atoms with Gasteiger partial charge in [-0.3, -0.25) is 4.79 Å². The van der Waals surface area contributed by atoms with Crippen LogP contribution in [-0.4, -0.2) is 85.2 Å². The lowest BCUT2D eigenvalue weighted by Gasteiger charge is -2.59. The van der Waals surface area contributed by atoms with Crippen LogP contribution in [0.1, 0.15) is 138 Å². The van der Waals surface area contributed by atoms with E-state index in [0.717, 1.165) is 66.9 Å². The van der Waals surface area contributed by atoms with Crippen molar-refractivity contribution in [3.8, 4) is 11.5 Å². The van der Waals surface area contributed by atoms with Gasteiger partial charge in [-0.15, -0.1) is 6.58 Å². The van der Waals surface area contributed by atoms with Crippen molar-refractivity contribution in [3.63, 3.8) is 0 Å². The molecular formula is C53H73N3O8. The second kappa shape index (κ2) is 24.5. The lowest BCUT2D eigenvalue weighted by atomic mass is 9.55. The Morgan fingerprint density at radius 1 is 0.891 bits per heavy atom. The molecule has 0 saturated heterocycles. The molecule has 0 aromatic heterocycles. The van der Waals surface area contributed by atoms with Crippen LogP contribution in [0.3, 0.4) is 0 Å². The molecule has 0 radical (unpaired) electrons. The Balaban J connectivity index is 1.34. The van der Waals surface area contributed by atoms with Gasteiger partial charge in [0.1, 0.15) is 24.7 Å². The summed E-state index contributed by atoms with van der Waals surface area (Å²) >= 11 is 0. The number of rotatable bonds is 26. The smallest absolute Gasteiger partial charge is 0.412 e. The van der Waals surface area contributed by atoms with E-state index in [1.54, 1.807) is 24.1 Å². The fourth-order valence-corrected chi connectivity index (χ4v) is 10.5. The van der Waals surface area contributed by atoms with Crippen LogP contribution in [0.15, 0.2) is 90.1 Å². The molecule has 1 aliphatic heterocycles. The largest absolute Gasteiger partial charge is 0.459 e. The fraction of sp³-hybridized carbons (Fsp3) is 0.566. The van der Waals surface area contributed by atoms with Crippen LogP contribution in [0.2, 0.25) is 0 Å². The van der Waals surface area contributed by atoms with E-state index < -0.39 is 23.8 Å². The third-order valence-corrected chi connectivity index (χ3v) is 13.6. The topological polar surface area (TPSA) is 139 Å². The molecule has 3 N–H and O–H groups in total. The molecule has 2 aliphatic carbocycles. The first-order valence-corrected chi connectivity index (χ1v) is 24.1. The number of nitrogens with one attached hydrogen (secondary N) is 1. The monoisotopic (exact) mass is 880 g/mol. The first-order valence-electron chi connectivity index (χ1n) is 24.1. The first-order chi connectivity index (χ1) is 31.3. The molecule has 11 heteroatoms. The zero-order valence-corrected chi connectivity index (χ0v) is 38.6. The van der Waals surface area contributed by atoms with E-state index in [9.17, 15) is 19.8 Å². The summed E-state index contributed by atoms with van der Waals surface area (Å²) in [6.07, 6.45) is 20.6. The molecule has 1 saturated carbocycles. The standard InChI is InChI=1S/C53H73N3O8/c1-5-7-8-9-10-11-12-13-14-19-30-54-52(60)63-42-28-29-47-45(36-42)49-43(25-18-21-32-58)40(24-17-20-31-57)35-44-46(55-61-4)37-48(53(64-47,50(44)49)62-33-6-2)56(3)51(59)41-27-26-38-22-15-16-23-39(38)34-41/h6,15-16,22-23,26-29,34-36,40,43,48-50,57-58H,2,5,7-14,17-21,24-25,30-33,37H2,1,3-4H3,(H,54,60). The van der Waals surface area contributed by atoms with Gasteiger partial charge in [0.15, 0.2) is 0 Å². The normalized spacial score (nSPS) is 22.8. The summed E-state index contributed by atoms with van der Waals surface area (Å²) in [6.45, 7) is 7.16. The van der Waals surface area contributed by atoms with E-state index in [2.05, 4.69) is 30.1 Å². The van der Waals surface area contributed by atoms with Crippen LogP contribution >= 0.6 is 0 Å². The Bertz CT molecular complexity index is 2050. The number of amides is 2. The molecule has 348 valence electrons. The number of allylic oxidation sites excluding steroid dienone is 1. The third-order valence-electron chi connectivity index (χ3n) is 13.6. The highest BCUT2D eigenvalue weighted by atomic mass is 16.7. The number of hydrogen-bond donors (Lipinski definition) is 3. The summed E-state index contributed by atoms with van der Waals surface area (Å²) in [5, 5.41) is 29.4. The number of benzene rings is 3. The van der Waals surface area contributed by atoms with Crippen LogP contribution in [0.25, 0.3) is 10.8 Å². The van der Waals surface area contributed by atoms with Gasteiger partial charge in [0, 0.05) is 50.3 Å². The molecule has 11 nitrogen and oxygen atoms in total. The van der Waals surface area contributed by atoms with E-state index in [1.807, 2.05) is 54.6 Å². The maximum Gasteiger partial charge on any atom is 0.412 e. The second-order valence-corrected chi connectivity index (χ2v) is 17.9. The predicted octanol–water partition coefficient (Wildman–Crippen LogP) is 10.9. The molecule has 0 spiro atoms. The zero-order valence-electron chi connectivity index (χ0n) is 38.6. The molecule has 64 heavy (non-hydrogen) atoms. The van der Waals surface area contributed by atoms with Gasteiger partial charge >= 0.3 is 6.09 Å². The molecule has 6 rings (SSSR count). The molecule has 3 aliphatic rings. The average molecular weight is 880 g/mol. The number of unbranched alkanes of at least 4 members (excludes halogenated alkanes) is 11. The Morgan fingerprint density at radius 2 is 1.59 bits per heavy atom. The predicted molar refractivity (Wildman–Crippen MR) is 254 cm³/mol. The number of carbonyl (C=O) groups is 2. The number of fused-ring (bicyclic) bond motifs is 3. The van der Waals surface area contributed by atoms with Crippen molar-refractivity contribution >= 4 is 28.5 Å². The van der Waals surface area contributed by atoms with E-state index in [-0.39, 0.29) is 43.5 Å². The lowest BCUT2D eigenvalue weighted by Crippen LogP contribution is -2.69. The number of nitrogens with zero attached hydrogens (tertiary/aromatic N) is 2. The Morgan fingerprint density at radius 3 is 2.30 bits per heavy atom. The number of carbonyl (C=O) groups excluding carboxylic acids is 2. The van der Waals surface area contributed by atoms with E-state index in [4.69, 9.17) is 19.0 Å². The van der Waals surface area contributed by atoms with Crippen molar-refractivity contribution in [1.82, 2.24) is 10.2 Å². The molecular weight excluding hydrogens is 807 g/mol. The number of aliphatic hydroxyl groups is 2. The molecule has 6 atom stereocenters. The summed E-state index contributed by atoms with van der Waals surface area (Å²) in [5.41, 5.74) is 3.08. The van der Waals surface area contributed by atoms with Crippen LogP contribution in [0, 0.1) is 17.8 Å². The van der Waals surface area contributed by atoms with Gasteiger partial charge in [0.25, 0.3) is 5.91 Å². The van der Waals surface area contributed by atoms with Crippen molar-refractivity contribution in [2.75, 3.05) is 40.5 Å². The van der Waals surface area contributed by atoms with Crippen LogP contribution < -0.4 is 14.8 Å². The van der Waals surface area contributed by atoms with Crippen LogP contribution in [0.4, 0.5) is 4.79 Å². The molecule has 1 heterocycles. The summed E-state index contributed by atoms with van der Waals surface area (Å²) < 4.78 is 20.2. The minimum atomic E-state index is -1.38. The Hall–Kier alpha value is -4.71. The van der Waals surface area contributed by atoms with E-state index in [0.29, 0.717) is 48.6 Å². The maximum absolute atomic E-state index is 14.7. The number of likely N-dealkylation sites (N-methyl/N-ethyl adjacent to an activating group) is 1. The third kappa shape index (κ3) is 11.8. The average Bonchev–Trinajstić information content (AvgIpc) is 3.31. The molecule has 6 unspecified atom stereocenters. The van der Waals surface area contributed by atoms with Gasteiger partial charge in [0.2, 0.25) is 5.79 Å². The van der Waals surface area contributed by atoms with Gasteiger partial charge in [-0.05, 0) is 90.6 Å². The van der Waals surface area contributed by atoms with Crippen LogP contribution in [0.5, 0.6) is 11.5 Å². The van der Waals surface area contributed by atoms with E-state index >= 15 is 0 Å². The fourth-order valence-electron chi connectivity index (χ4n) is 10.5. The number of oxime groups is 1. The number of aliphatic hydroxyl groups excluding tert-OH is 2. The molecule has 2 amide bonds. The van der Waals surface area contributed by atoms with Crippen molar-refractivity contribution < 1.29 is 38.9 Å². The minimum Gasteiger partial charge on any atom is -0.459 e. The van der Waals surface area contributed by atoms with Crippen molar-refractivity contribution in [3.05, 3.63) is 96.1 Å². The SMILES string of the molecule is C=CCOC12Oc3ccc(OC(=O)NCCCCCCCCCCCC)cc3C3C(CCCCO)C(CCCCO)C=C(C(=NOC)CC1N(C)C(=O)c1ccc4ccccc4c1)C32. The molecule has 0 bridgehead atoms. The van der Waals surface area contributed by atoms with E-state index in [1.165, 1.54) is 52.1 Å². The number of ether oxygens (including phenoxy) is 3. The molecule has 3 aromatic rings. The van der Waals surface area contributed by atoms with Crippen molar-refractivity contribution in [1.29, 1.82) is 0 Å². The van der Waals surface area contributed by atoms with Gasteiger partial charge in [-0.1, -0.05) is 125 Å². The lowest BCUT2D eigenvalue weighted by molar-refractivity contribution is -0.252. The Labute approximate surface area is 381 Å². The van der Waals surface area contributed by atoms with Crippen molar-refractivity contribution in [2.24, 2.45) is 22.9 Å². The molecule has 3 aromatic carbocycles. The highest BCUT2D eigenvalue weighted by Crippen LogP contribution is 2.62.